The number of ether oxygens (including phenoxy) is 1. The first kappa shape index (κ1) is 19.1. The molecule has 0 aliphatic carbocycles. The Labute approximate surface area is 147 Å². The fraction of sp³-hybridized carbons (Fsp3) is 0.278. The third kappa shape index (κ3) is 5.11. The number of halogens is 1. The largest absolute Gasteiger partial charge is 0.494 e. The van der Waals surface area contributed by atoms with Gasteiger partial charge >= 0.3 is 0 Å². The van der Waals surface area contributed by atoms with Gasteiger partial charge in [0.15, 0.2) is 5.78 Å². The zero-order valence-corrected chi connectivity index (χ0v) is 14.9. The zero-order chi connectivity index (χ0) is 18.4. The number of hydrogen-bond donors (Lipinski definition) is 0. The van der Waals surface area contributed by atoms with Gasteiger partial charge in [0, 0.05) is 19.2 Å². The molecule has 0 atom stereocenters. The van der Waals surface area contributed by atoms with Crippen LogP contribution in [-0.2, 0) is 10.0 Å². The molecule has 0 spiro atoms. The maximum Gasteiger partial charge on any atom is 0.242 e. The van der Waals surface area contributed by atoms with Gasteiger partial charge in [-0.3, -0.25) is 4.79 Å². The molecule has 2 aromatic rings. The molecule has 0 radical (unpaired) electrons. The van der Waals surface area contributed by atoms with Gasteiger partial charge in [-0.2, -0.15) is 0 Å². The molecule has 2 aromatic carbocycles. The van der Waals surface area contributed by atoms with Gasteiger partial charge in [-0.25, -0.2) is 17.1 Å². The van der Waals surface area contributed by atoms with E-state index in [1.54, 1.807) is 0 Å². The van der Waals surface area contributed by atoms with Gasteiger partial charge in [-0.15, -0.1) is 0 Å². The molecule has 0 bridgehead atoms. The number of carbonyl (C=O) groups excluding carboxylic acids is 1. The summed E-state index contributed by atoms with van der Waals surface area (Å²) in [5.74, 6) is 0.0796. The first-order valence-corrected chi connectivity index (χ1v) is 9.20. The van der Waals surface area contributed by atoms with Gasteiger partial charge in [-0.05, 0) is 49.7 Å². The van der Waals surface area contributed by atoms with Crippen LogP contribution in [0.15, 0.2) is 53.4 Å². The second kappa shape index (κ2) is 8.22. The molecule has 134 valence electrons. The van der Waals surface area contributed by atoms with E-state index in [2.05, 4.69) is 0 Å². The Kier molecular flexibility index (Phi) is 6.27. The van der Waals surface area contributed by atoms with Crippen molar-refractivity contribution in [3.8, 4) is 5.75 Å². The Morgan fingerprint density at radius 1 is 1.08 bits per heavy atom. The third-order valence-electron chi connectivity index (χ3n) is 3.67. The van der Waals surface area contributed by atoms with Crippen LogP contribution in [0.2, 0.25) is 0 Å². The molecule has 2 rings (SSSR count). The van der Waals surface area contributed by atoms with Crippen molar-refractivity contribution in [2.45, 2.75) is 18.2 Å². The lowest BCUT2D eigenvalue weighted by atomic mass is 10.2. The number of nitrogens with zero attached hydrogens (tertiary/aromatic N) is 1. The Balaban J connectivity index is 1.89. The topological polar surface area (TPSA) is 63.7 Å². The van der Waals surface area contributed by atoms with Crippen molar-refractivity contribution in [2.75, 3.05) is 20.2 Å². The summed E-state index contributed by atoms with van der Waals surface area (Å²) in [6.45, 7) is 2.02. The molecule has 0 N–H and O–H groups in total. The molecule has 5 nitrogen and oxygen atoms in total. The van der Waals surface area contributed by atoms with Gasteiger partial charge in [0.2, 0.25) is 10.0 Å². The summed E-state index contributed by atoms with van der Waals surface area (Å²) in [5.41, 5.74) is 0.467. The molecule has 0 saturated heterocycles. The van der Waals surface area contributed by atoms with Crippen molar-refractivity contribution < 1.29 is 22.3 Å². The average molecular weight is 365 g/mol. The summed E-state index contributed by atoms with van der Waals surface area (Å²) in [6, 6.07) is 11.5. The molecule has 25 heavy (non-hydrogen) atoms. The average Bonchev–Trinajstić information content (AvgIpc) is 2.60. The van der Waals surface area contributed by atoms with Crippen LogP contribution in [0.1, 0.15) is 23.7 Å². The van der Waals surface area contributed by atoms with Gasteiger partial charge < -0.3 is 4.74 Å². The second-order valence-electron chi connectivity index (χ2n) is 5.56. The van der Waals surface area contributed by atoms with Gasteiger partial charge in [-0.1, -0.05) is 12.1 Å². The normalized spacial score (nSPS) is 11.5. The molecular formula is C18H20FNO4S. The molecule has 0 fully saturated rings. The van der Waals surface area contributed by atoms with Crippen molar-refractivity contribution >= 4 is 15.8 Å². The molecule has 7 heteroatoms. The lowest BCUT2D eigenvalue weighted by Crippen LogP contribution is -2.28. The highest BCUT2D eigenvalue weighted by Crippen LogP contribution is 2.16. The molecule has 0 saturated carbocycles. The highest BCUT2D eigenvalue weighted by atomic mass is 32.2. The van der Waals surface area contributed by atoms with E-state index in [9.17, 15) is 17.6 Å². The number of Topliss-reactive ketones (excluding diaryl/α,β-unsaturated/α-hetero) is 1. The maximum absolute atomic E-state index is 12.8. The summed E-state index contributed by atoms with van der Waals surface area (Å²) in [5, 5.41) is 0. The van der Waals surface area contributed by atoms with E-state index in [4.69, 9.17) is 4.74 Å². The predicted molar refractivity (Wildman–Crippen MR) is 92.8 cm³/mol. The molecule has 0 aromatic heterocycles. The zero-order valence-electron chi connectivity index (χ0n) is 14.1. The Bertz CT molecular complexity index is 817. The highest BCUT2D eigenvalue weighted by molar-refractivity contribution is 7.89. The maximum atomic E-state index is 12.8. The van der Waals surface area contributed by atoms with Crippen molar-refractivity contribution in [3.63, 3.8) is 0 Å². The second-order valence-corrected chi connectivity index (χ2v) is 7.61. The Morgan fingerprint density at radius 3 is 2.24 bits per heavy atom. The van der Waals surface area contributed by atoms with Crippen LogP contribution < -0.4 is 4.74 Å². The quantitative estimate of drug-likeness (QED) is 0.533. The van der Waals surface area contributed by atoms with E-state index < -0.39 is 10.0 Å². The highest BCUT2D eigenvalue weighted by Gasteiger charge is 2.20. The summed E-state index contributed by atoms with van der Waals surface area (Å²) in [7, 11) is -2.12. The summed E-state index contributed by atoms with van der Waals surface area (Å²) in [6.07, 6.45) is 0.485. The first-order valence-electron chi connectivity index (χ1n) is 7.76. The van der Waals surface area contributed by atoms with Crippen LogP contribution in [0.4, 0.5) is 4.39 Å². The number of hydrogen-bond acceptors (Lipinski definition) is 4. The van der Waals surface area contributed by atoms with E-state index in [-0.39, 0.29) is 23.0 Å². The molecule has 0 aliphatic rings. The lowest BCUT2D eigenvalue weighted by molar-refractivity contribution is 0.101. The lowest BCUT2D eigenvalue weighted by Gasteiger charge is -2.17. The fourth-order valence-electron chi connectivity index (χ4n) is 2.17. The summed E-state index contributed by atoms with van der Waals surface area (Å²) < 4.78 is 44.4. The Hall–Kier alpha value is -2.25. The number of benzene rings is 2. The third-order valence-corrected chi connectivity index (χ3v) is 5.54. The van der Waals surface area contributed by atoms with Crippen molar-refractivity contribution in [1.82, 2.24) is 4.31 Å². The van der Waals surface area contributed by atoms with Gasteiger partial charge in [0.25, 0.3) is 0 Å². The van der Waals surface area contributed by atoms with E-state index in [1.807, 2.05) is 0 Å². The predicted octanol–water partition coefficient (Wildman–Crippen LogP) is 3.12. The number of carbonyl (C=O) groups is 1. The molecule has 0 unspecified atom stereocenters. The van der Waals surface area contributed by atoms with Gasteiger partial charge in [0.1, 0.15) is 11.6 Å². The molecular weight excluding hydrogens is 345 g/mol. The van der Waals surface area contributed by atoms with Crippen molar-refractivity contribution in [3.05, 3.63) is 59.9 Å². The monoisotopic (exact) mass is 365 g/mol. The van der Waals surface area contributed by atoms with Gasteiger partial charge in [0.05, 0.1) is 11.5 Å². The smallest absolute Gasteiger partial charge is 0.242 e. The molecule has 0 aliphatic heterocycles. The summed E-state index contributed by atoms with van der Waals surface area (Å²) >= 11 is 0. The van der Waals surface area contributed by atoms with Crippen LogP contribution in [0.5, 0.6) is 5.75 Å². The number of rotatable bonds is 8. The summed E-state index contributed by atoms with van der Waals surface area (Å²) in [4.78, 5) is 11.4. The SMILES string of the molecule is CC(=O)c1ccc(S(=O)(=O)N(C)CCCOc2ccc(F)cc2)cc1. The van der Waals surface area contributed by atoms with Crippen molar-refractivity contribution in [2.24, 2.45) is 0 Å². The minimum atomic E-state index is -3.62. The van der Waals surface area contributed by atoms with Crippen LogP contribution in [0.3, 0.4) is 0 Å². The fourth-order valence-corrected chi connectivity index (χ4v) is 3.38. The van der Waals surface area contributed by atoms with Crippen LogP contribution in [-0.4, -0.2) is 38.7 Å². The molecule has 0 heterocycles. The Morgan fingerprint density at radius 2 is 1.68 bits per heavy atom. The minimum Gasteiger partial charge on any atom is -0.494 e. The van der Waals surface area contributed by atoms with Crippen molar-refractivity contribution in [1.29, 1.82) is 0 Å². The van der Waals surface area contributed by atoms with E-state index in [0.29, 0.717) is 24.3 Å². The van der Waals surface area contributed by atoms with E-state index in [0.717, 1.165) is 0 Å². The van der Waals surface area contributed by atoms with E-state index >= 15 is 0 Å². The molecule has 0 amide bonds. The number of sulfonamides is 1. The van der Waals surface area contributed by atoms with Crippen LogP contribution >= 0.6 is 0 Å². The van der Waals surface area contributed by atoms with Crippen LogP contribution in [0, 0.1) is 5.82 Å². The first-order chi connectivity index (χ1) is 11.8. The van der Waals surface area contributed by atoms with E-state index in [1.165, 1.54) is 66.8 Å². The van der Waals surface area contributed by atoms with Crippen LogP contribution in [0.25, 0.3) is 0 Å². The standard InChI is InChI=1S/C18H20FNO4S/c1-14(21)15-4-10-18(11-5-15)25(22,23)20(2)12-3-13-24-17-8-6-16(19)7-9-17/h4-11H,3,12-13H2,1-2H3. The number of ketones is 1. The minimum absolute atomic E-state index is 0.116.